The van der Waals surface area contributed by atoms with Gasteiger partial charge in [0, 0.05) is 35.9 Å². The molecule has 0 radical (unpaired) electrons. The van der Waals surface area contributed by atoms with Gasteiger partial charge in [0.2, 0.25) is 0 Å². The molecule has 10 nitrogen and oxygen atoms in total. The van der Waals surface area contributed by atoms with E-state index in [4.69, 9.17) is 37.3 Å². The van der Waals surface area contributed by atoms with Crippen LogP contribution >= 0.6 is 0 Å². The van der Waals surface area contributed by atoms with Gasteiger partial charge in [0.25, 0.3) is 0 Å². The quantitative estimate of drug-likeness (QED) is 0.0769. The molecule has 3 aliphatic rings. The Morgan fingerprint density at radius 3 is 2.25 bits per heavy atom. The number of H-pyrrole nitrogens is 1. The number of allylic oxidation sites excluding steroid dienone is 2. The second-order valence-electron chi connectivity index (χ2n) is 15.1. The zero-order valence-corrected chi connectivity index (χ0v) is 30.5. The van der Waals surface area contributed by atoms with Crippen molar-refractivity contribution >= 4 is 38.9 Å². The van der Waals surface area contributed by atoms with Crippen LogP contribution in [0.4, 0.5) is 0 Å². The third-order valence-corrected chi connectivity index (χ3v) is 10.4. The minimum Gasteiger partial charge on any atom is -0.488 e. The van der Waals surface area contributed by atoms with Crippen molar-refractivity contribution in [2.24, 2.45) is 0 Å². The molecule has 272 valence electrons. The predicted molar refractivity (Wildman–Crippen MR) is 199 cm³/mol. The number of rotatable bonds is 12. The van der Waals surface area contributed by atoms with Gasteiger partial charge < -0.3 is 42.2 Å². The van der Waals surface area contributed by atoms with E-state index in [-0.39, 0.29) is 11.7 Å². The van der Waals surface area contributed by atoms with Crippen LogP contribution in [-0.2, 0) is 14.2 Å². The fourth-order valence-corrected chi connectivity index (χ4v) is 7.22. The molecule has 3 unspecified atom stereocenters. The second-order valence-corrected chi connectivity index (χ2v) is 15.1. The number of nitrogens with one attached hydrogen (secondary N) is 1. The van der Waals surface area contributed by atoms with Gasteiger partial charge in [-0.05, 0) is 104 Å². The molecule has 0 saturated carbocycles. The molecular weight excluding hydrogens is 662 g/mol. The Bertz CT molecular complexity index is 2300. The highest BCUT2D eigenvalue weighted by molar-refractivity contribution is 6.02. The van der Waals surface area contributed by atoms with Gasteiger partial charge in [-0.15, -0.1) is 0 Å². The molecule has 3 atom stereocenters. The first-order valence-corrected chi connectivity index (χ1v) is 18.0. The van der Waals surface area contributed by atoms with E-state index in [2.05, 4.69) is 44.8 Å². The van der Waals surface area contributed by atoms with Crippen molar-refractivity contribution in [3.05, 3.63) is 94.2 Å². The van der Waals surface area contributed by atoms with Crippen LogP contribution in [0.15, 0.2) is 91.9 Å². The van der Waals surface area contributed by atoms with Crippen molar-refractivity contribution in [3.8, 4) is 17.2 Å². The molecule has 3 aromatic heterocycles. The van der Waals surface area contributed by atoms with Crippen LogP contribution in [0.3, 0.4) is 0 Å². The first-order chi connectivity index (χ1) is 24.9. The van der Waals surface area contributed by atoms with Crippen molar-refractivity contribution in [3.63, 3.8) is 0 Å². The molecule has 2 fully saturated rings. The van der Waals surface area contributed by atoms with Gasteiger partial charge in [-0.3, -0.25) is 0 Å². The highest BCUT2D eigenvalue weighted by Crippen LogP contribution is 2.48. The number of ether oxygens (including phenoxy) is 6. The Morgan fingerprint density at radius 1 is 0.827 bits per heavy atom. The number of epoxide rings is 1. The van der Waals surface area contributed by atoms with Crippen molar-refractivity contribution in [1.29, 1.82) is 0 Å². The van der Waals surface area contributed by atoms with Crippen LogP contribution in [0.5, 0.6) is 17.2 Å². The summed E-state index contributed by atoms with van der Waals surface area (Å²) in [5, 5.41) is 2.56. The molecular formula is C42H45NO9. The molecule has 8 rings (SSSR count). The van der Waals surface area contributed by atoms with Crippen molar-refractivity contribution < 1.29 is 37.3 Å². The number of aromatic nitrogens is 1. The van der Waals surface area contributed by atoms with E-state index < -0.39 is 17.2 Å². The molecule has 1 N–H and O–H groups in total. The third-order valence-electron chi connectivity index (χ3n) is 10.4. The molecule has 1 spiro atoms. The lowest BCUT2D eigenvalue weighted by molar-refractivity contribution is -0.270. The summed E-state index contributed by atoms with van der Waals surface area (Å²) in [6.45, 7) is 13.3. The lowest BCUT2D eigenvalue weighted by atomic mass is 9.96. The molecule has 0 bridgehead atoms. The van der Waals surface area contributed by atoms with Crippen LogP contribution in [0.25, 0.3) is 38.9 Å². The number of furan rings is 1. The van der Waals surface area contributed by atoms with Gasteiger partial charge in [-0.2, -0.15) is 0 Å². The average molecular weight is 708 g/mol. The lowest BCUT2D eigenvalue weighted by Gasteiger charge is -2.30. The minimum absolute atomic E-state index is 0.00365. The number of aromatic amines is 1. The maximum atomic E-state index is 11.8. The van der Waals surface area contributed by atoms with Crippen LogP contribution in [-0.4, -0.2) is 47.6 Å². The van der Waals surface area contributed by atoms with Crippen LogP contribution in [0.1, 0.15) is 72.8 Å². The summed E-state index contributed by atoms with van der Waals surface area (Å²) in [4.78, 5) is 15.0. The van der Waals surface area contributed by atoms with E-state index in [1.165, 1.54) is 11.6 Å². The van der Waals surface area contributed by atoms with Crippen molar-refractivity contribution in [1.82, 2.24) is 4.98 Å². The summed E-state index contributed by atoms with van der Waals surface area (Å²) in [7, 11) is 0. The predicted octanol–water partition coefficient (Wildman–Crippen LogP) is 9.36. The molecule has 3 aliphatic heterocycles. The van der Waals surface area contributed by atoms with Gasteiger partial charge in [0.05, 0.1) is 51.5 Å². The second kappa shape index (κ2) is 13.0. The smallest absolute Gasteiger partial charge is 0.350 e. The molecule has 2 aromatic carbocycles. The minimum atomic E-state index is -1.38. The number of hydrogen-bond donors (Lipinski definition) is 1. The first kappa shape index (κ1) is 34.3. The van der Waals surface area contributed by atoms with Gasteiger partial charge in [-0.1, -0.05) is 11.1 Å². The summed E-state index contributed by atoms with van der Waals surface area (Å²) < 4.78 is 49.2. The van der Waals surface area contributed by atoms with Crippen LogP contribution < -0.4 is 19.8 Å². The SMILES string of the molecule is C/C(=C\COc1c2c(cc3occc13)OC1(C=C2)OC(CC/C(C)=C/COc2c3cc[nH]c3cc3oc(=O)ccc23)C(C)(C)O1)CCC1OC1(C)C. The number of fused-ring (bicyclic) bond motifs is 4. The van der Waals surface area contributed by atoms with Gasteiger partial charge in [0.1, 0.15) is 41.6 Å². The fraction of sp³-hybridized carbons (Fsp3) is 0.405. The zero-order chi connectivity index (χ0) is 36.3. The highest BCUT2D eigenvalue weighted by atomic mass is 16.9. The molecule has 10 heteroatoms. The monoisotopic (exact) mass is 707 g/mol. The Labute approximate surface area is 301 Å². The average Bonchev–Trinajstić information content (AvgIpc) is 3.49. The summed E-state index contributed by atoms with van der Waals surface area (Å²) in [6.07, 6.45) is 15.0. The topological polar surface area (TPSA) is 118 Å². The number of hydrogen-bond acceptors (Lipinski definition) is 9. The summed E-state index contributed by atoms with van der Waals surface area (Å²) in [5.41, 5.74) is 4.20. The summed E-state index contributed by atoms with van der Waals surface area (Å²) in [6, 6.07) is 10.7. The summed E-state index contributed by atoms with van der Waals surface area (Å²) >= 11 is 0. The van der Waals surface area contributed by atoms with E-state index in [1.54, 1.807) is 12.3 Å². The normalized spacial score (nSPS) is 23.4. The number of benzene rings is 2. The maximum Gasteiger partial charge on any atom is 0.350 e. The summed E-state index contributed by atoms with van der Waals surface area (Å²) in [5.74, 6) is 0.571. The van der Waals surface area contributed by atoms with E-state index in [9.17, 15) is 4.79 Å². The molecule has 2 saturated heterocycles. The molecule has 5 aromatic rings. The van der Waals surface area contributed by atoms with Crippen molar-refractivity contribution in [2.75, 3.05) is 13.2 Å². The van der Waals surface area contributed by atoms with E-state index in [0.29, 0.717) is 54.2 Å². The van der Waals surface area contributed by atoms with Gasteiger partial charge >= 0.3 is 11.6 Å². The highest BCUT2D eigenvalue weighted by Gasteiger charge is 2.54. The fourth-order valence-electron chi connectivity index (χ4n) is 7.22. The van der Waals surface area contributed by atoms with Crippen LogP contribution in [0.2, 0.25) is 0 Å². The molecule has 0 amide bonds. The molecule has 0 aliphatic carbocycles. The van der Waals surface area contributed by atoms with E-state index >= 15 is 0 Å². The van der Waals surface area contributed by atoms with Gasteiger partial charge in [0.15, 0.2) is 0 Å². The maximum absolute atomic E-state index is 11.8. The van der Waals surface area contributed by atoms with Gasteiger partial charge in [-0.25, -0.2) is 4.79 Å². The largest absolute Gasteiger partial charge is 0.488 e. The van der Waals surface area contributed by atoms with E-state index in [0.717, 1.165) is 52.1 Å². The third kappa shape index (κ3) is 6.66. The molecule has 6 heterocycles. The first-order valence-electron chi connectivity index (χ1n) is 18.0. The van der Waals surface area contributed by atoms with Crippen molar-refractivity contribution in [2.45, 2.75) is 96.6 Å². The lowest BCUT2D eigenvalue weighted by Crippen LogP contribution is -2.38. The Kier molecular flexibility index (Phi) is 8.59. The Morgan fingerprint density at radius 2 is 1.52 bits per heavy atom. The Balaban J connectivity index is 0.918. The Hall–Kier alpha value is -4.77. The van der Waals surface area contributed by atoms with E-state index in [1.807, 2.05) is 56.5 Å². The van der Waals surface area contributed by atoms with Crippen LogP contribution in [0, 0.1) is 0 Å². The standard InChI is InChI=1S/C42H45NO9/c1-25(7-10-35-40(3,4)50-35)16-21-47-39-29-13-18-42(49-34(29)24-32-30(39)17-22-45-32)51-36(41(5,6)52-42)11-8-26(2)15-20-46-38-27-14-19-43-31(27)23-33-28(38)9-12-37(44)48-33/h9,12-19,22-24,35-36,43H,7-8,10-11,20-21H2,1-6H3/b25-16+,26-15+. The zero-order valence-electron chi connectivity index (χ0n) is 30.5. The molecule has 52 heavy (non-hydrogen) atoms.